The predicted octanol–water partition coefficient (Wildman–Crippen LogP) is 6.47. The standard InChI is InChI=1S/C18H12Cl2N2O2S2/c1-2-24-10-4-6-12-14(8-10)26-18(21-12)22-17(23)16-15(20)11-5-3-9(19)7-13(11)25-16/h3-8H,2H2,1H3,(H,21,22,23). The molecule has 4 aromatic rings. The molecule has 0 atom stereocenters. The summed E-state index contributed by atoms with van der Waals surface area (Å²) in [7, 11) is 0. The van der Waals surface area contributed by atoms with Gasteiger partial charge in [0.25, 0.3) is 5.91 Å². The Morgan fingerprint density at radius 2 is 2.00 bits per heavy atom. The quantitative estimate of drug-likeness (QED) is 0.409. The van der Waals surface area contributed by atoms with E-state index in [-0.39, 0.29) is 5.91 Å². The zero-order valence-corrected chi connectivity index (χ0v) is 16.7. The molecule has 0 unspecified atom stereocenters. The lowest BCUT2D eigenvalue weighted by molar-refractivity contribution is 0.103. The molecule has 0 aliphatic heterocycles. The van der Waals surface area contributed by atoms with E-state index in [4.69, 9.17) is 27.9 Å². The monoisotopic (exact) mass is 422 g/mol. The average Bonchev–Trinajstić information content (AvgIpc) is 3.15. The van der Waals surface area contributed by atoms with Crippen molar-refractivity contribution in [1.82, 2.24) is 4.98 Å². The summed E-state index contributed by atoms with van der Waals surface area (Å²) in [5.41, 5.74) is 0.808. The van der Waals surface area contributed by atoms with Crippen LogP contribution in [0, 0.1) is 0 Å². The molecule has 1 N–H and O–H groups in total. The zero-order chi connectivity index (χ0) is 18.3. The Morgan fingerprint density at radius 1 is 1.15 bits per heavy atom. The summed E-state index contributed by atoms with van der Waals surface area (Å²) in [5, 5.41) is 5.21. The number of anilines is 1. The molecule has 0 saturated carbocycles. The van der Waals surface area contributed by atoms with Crippen LogP contribution in [0.5, 0.6) is 5.75 Å². The van der Waals surface area contributed by atoms with Crippen molar-refractivity contribution in [3.63, 3.8) is 0 Å². The summed E-state index contributed by atoms with van der Waals surface area (Å²) < 4.78 is 7.32. The number of carbonyl (C=O) groups is 1. The fraction of sp³-hybridized carbons (Fsp3) is 0.111. The highest BCUT2D eigenvalue weighted by molar-refractivity contribution is 7.23. The molecule has 0 aliphatic carbocycles. The summed E-state index contributed by atoms with van der Waals surface area (Å²) in [5.74, 6) is 0.502. The van der Waals surface area contributed by atoms with Crippen LogP contribution in [-0.2, 0) is 0 Å². The van der Waals surface area contributed by atoms with Gasteiger partial charge in [-0.05, 0) is 37.3 Å². The minimum Gasteiger partial charge on any atom is -0.494 e. The van der Waals surface area contributed by atoms with Gasteiger partial charge in [-0.2, -0.15) is 0 Å². The second-order valence-corrected chi connectivity index (χ2v) is 8.32. The van der Waals surface area contributed by atoms with Gasteiger partial charge < -0.3 is 4.74 Å². The van der Waals surface area contributed by atoms with Crippen LogP contribution >= 0.6 is 45.9 Å². The van der Waals surface area contributed by atoms with Gasteiger partial charge in [0.1, 0.15) is 10.6 Å². The van der Waals surface area contributed by atoms with E-state index >= 15 is 0 Å². The van der Waals surface area contributed by atoms with Crippen LogP contribution in [0.1, 0.15) is 16.6 Å². The molecule has 0 fully saturated rings. The first-order valence-electron chi connectivity index (χ1n) is 7.77. The van der Waals surface area contributed by atoms with E-state index in [9.17, 15) is 4.79 Å². The number of halogens is 2. The lowest BCUT2D eigenvalue weighted by Crippen LogP contribution is -2.10. The molecule has 4 rings (SSSR count). The van der Waals surface area contributed by atoms with E-state index in [0.717, 1.165) is 26.1 Å². The number of nitrogens with one attached hydrogen (secondary N) is 1. The zero-order valence-electron chi connectivity index (χ0n) is 13.5. The van der Waals surface area contributed by atoms with E-state index in [0.29, 0.717) is 26.7 Å². The van der Waals surface area contributed by atoms with Gasteiger partial charge in [0.2, 0.25) is 0 Å². The number of carbonyl (C=O) groups excluding carboxylic acids is 1. The molecular formula is C18H12Cl2N2O2S2. The molecule has 132 valence electrons. The van der Waals surface area contributed by atoms with Crippen molar-refractivity contribution in [2.24, 2.45) is 0 Å². The number of benzene rings is 2. The Labute approximate surface area is 167 Å². The van der Waals surface area contributed by atoms with Crippen molar-refractivity contribution < 1.29 is 9.53 Å². The number of aromatic nitrogens is 1. The second-order valence-electron chi connectivity index (χ2n) is 5.42. The number of fused-ring (bicyclic) bond motifs is 2. The maximum absolute atomic E-state index is 12.7. The number of amides is 1. The van der Waals surface area contributed by atoms with Crippen LogP contribution in [0.3, 0.4) is 0 Å². The number of ether oxygens (including phenoxy) is 1. The maximum atomic E-state index is 12.7. The summed E-state index contributed by atoms with van der Waals surface area (Å²) in [6.07, 6.45) is 0. The largest absolute Gasteiger partial charge is 0.494 e. The van der Waals surface area contributed by atoms with Gasteiger partial charge in [0.15, 0.2) is 5.13 Å². The van der Waals surface area contributed by atoms with E-state index in [2.05, 4.69) is 10.3 Å². The van der Waals surface area contributed by atoms with Crippen LogP contribution in [0.25, 0.3) is 20.3 Å². The highest BCUT2D eigenvalue weighted by Gasteiger charge is 2.19. The van der Waals surface area contributed by atoms with Crippen LogP contribution in [-0.4, -0.2) is 17.5 Å². The lowest BCUT2D eigenvalue weighted by Gasteiger charge is -2.00. The predicted molar refractivity (Wildman–Crippen MR) is 111 cm³/mol. The van der Waals surface area contributed by atoms with Gasteiger partial charge in [0, 0.05) is 15.1 Å². The Bertz CT molecular complexity index is 1140. The molecule has 2 aromatic carbocycles. The minimum absolute atomic E-state index is 0.281. The molecule has 0 saturated heterocycles. The number of thiazole rings is 1. The van der Waals surface area contributed by atoms with Crippen LogP contribution in [0.15, 0.2) is 36.4 Å². The third-order valence-electron chi connectivity index (χ3n) is 3.69. The Balaban J connectivity index is 1.63. The first kappa shape index (κ1) is 17.5. The summed E-state index contributed by atoms with van der Waals surface area (Å²) in [4.78, 5) is 17.6. The van der Waals surface area contributed by atoms with E-state index in [1.54, 1.807) is 12.1 Å². The number of hydrogen-bond acceptors (Lipinski definition) is 5. The molecule has 4 nitrogen and oxygen atoms in total. The van der Waals surface area contributed by atoms with Gasteiger partial charge in [-0.1, -0.05) is 40.6 Å². The average molecular weight is 423 g/mol. The SMILES string of the molecule is CCOc1ccc2nc(NC(=O)c3sc4cc(Cl)ccc4c3Cl)sc2c1. The number of nitrogens with zero attached hydrogens (tertiary/aromatic N) is 1. The van der Waals surface area contributed by atoms with Gasteiger partial charge in [-0.15, -0.1) is 11.3 Å². The molecule has 8 heteroatoms. The molecule has 0 bridgehead atoms. The Morgan fingerprint density at radius 3 is 2.81 bits per heavy atom. The number of rotatable bonds is 4. The topological polar surface area (TPSA) is 51.2 Å². The molecule has 2 aromatic heterocycles. The van der Waals surface area contributed by atoms with Crippen molar-refractivity contribution in [2.45, 2.75) is 6.92 Å². The molecule has 0 spiro atoms. The molecule has 26 heavy (non-hydrogen) atoms. The first-order chi connectivity index (χ1) is 12.5. The molecule has 0 aliphatic rings. The second kappa shape index (κ2) is 7.04. The fourth-order valence-electron chi connectivity index (χ4n) is 2.55. The molecule has 0 radical (unpaired) electrons. The van der Waals surface area contributed by atoms with Crippen molar-refractivity contribution >= 4 is 77.2 Å². The van der Waals surface area contributed by atoms with Gasteiger partial charge in [0.05, 0.1) is 21.8 Å². The van der Waals surface area contributed by atoms with Gasteiger partial charge >= 0.3 is 0 Å². The number of thiophene rings is 1. The third-order valence-corrected chi connectivity index (χ3v) is 6.51. The van der Waals surface area contributed by atoms with Crippen LogP contribution < -0.4 is 10.1 Å². The third kappa shape index (κ3) is 3.25. The maximum Gasteiger partial charge on any atom is 0.269 e. The normalized spacial score (nSPS) is 11.2. The highest BCUT2D eigenvalue weighted by Crippen LogP contribution is 2.37. The van der Waals surface area contributed by atoms with Crippen molar-refractivity contribution in [3.8, 4) is 5.75 Å². The van der Waals surface area contributed by atoms with Crippen LogP contribution in [0.4, 0.5) is 5.13 Å². The van der Waals surface area contributed by atoms with Crippen molar-refractivity contribution in [3.05, 3.63) is 51.3 Å². The molecule has 1 amide bonds. The smallest absolute Gasteiger partial charge is 0.269 e. The Hall–Kier alpha value is -1.86. The number of hydrogen-bond donors (Lipinski definition) is 1. The molecule has 2 heterocycles. The highest BCUT2D eigenvalue weighted by atomic mass is 35.5. The van der Waals surface area contributed by atoms with Crippen molar-refractivity contribution in [2.75, 3.05) is 11.9 Å². The van der Waals surface area contributed by atoms with E-state index in [1.807, 2.05) is 31.2 Å². The van der Waals surface area contributed by atoms with Gasteiger partial charge in [-0.25, -0.2) is 4.98 Å². The summed E-state index contributed by atoms with van der Waals surface area (Å²) in [6.45, 7) is 2.53. The van der Waals surface area contributed by atoms with Crippen LogP contribution in [0.2, 0.25) is 10.0 Å². The van der Waals surface area contributed by atoms with E-state index in [1.165, 1.54) is 22.7 Å². The summed E-state index contributed by atoms with van der Waals surface area (Å²) >= 11 is 15.1. The van der Waals surface area contributed by atoms with Gasteiger partial charge in [-0.3, -0.25) is 10.1 Å². The van der Waals surface area contributed by atoms with E-state index < -0.39 is 0 Å². The fourth-order valence-corrected chi connectivity index (χ4v) is 5.13. The first-order valence-corrected chi connectivity index (χ1v) is 10.2. The Kier molecular flexibility index (Phi) is 4.75. The minimum atomic E-state index is -0.281. The lowest BCUT2D eigenvalue weighted by atomic mass is 10.2. The molecular weight excluding hydrogens is 411 g/mol. The summed E-state index contributed by atoms with van der Waals surface area (Å²) in [6, 6.07) is 11.0. The van der Waals surface area contributed by atoms with Crippen molar-refractivity contribution in [1.29, 1.82) is 0 Å².